The third kappa shape index (κ3) is 6.99. The lowest BCUT2D eigenvalue weighted by Crippen LogP contribution is -2.29. The number of H-pyrrole nitrogens is 1. The van der Waals surface area contributed by atoms with Crippen LogP contribution in [0.3, 0.4) is 0 Å². The van der Waals surface area contributed by atoms with Gasteiger partial charge in [-0.3, -0.25) is 9.78 Å². The topological polar surface area (TPSA) is 140 Å². The monoisotopic (exact) mass is 673 g/mol. The second kappa shape index (κ2) is 12.8. The standard InChI is InChI=1S/C36H40FN5O5S/c1-35(2)13-6-14-36(3,25-8-5-7-23(17-25)9-10-31(43)44)34-40-33(42(4)41-34)24-18-26(21-38-20-24)47-32-28(12-16-48(45,46)22-35)27-11-15-39-30(27)19-29(32)37/h5,7-8,11,15,17-21,39H,6,9-10,12-14,16,22H2,1-4H3,(H,43,44)/t36-/m1/s1. The van der Waals surface area contributed by atoms with E-state index >= 15 is 4.39 Å². The van der Waals surface area contributed by atoms with E-state index in [0.29, 0.717) is 59.4 Å². The molecular formula is C36H40FN5O5S. The largest absolute Gasteiger partial charge is 0.481 e. The van der Waals surface area contributed by atoms with Crippen LogP contribution < -0.4 is 4.74 Å². The van der Waals surface area contributed by atoms with Gasteiger partial charge in [0, 0.05) is 54.0 Å². The average Bonchev–Trinajstić information content (AvgIpc) is 3.65. The highest BCUT2D eigenvalue weighted by atomic mass is 32.2. The van der Waals surface area contributed by atoms with Crippen LogP contribution in [0, 0.1) is 11.2 Å². The zero-order chi connectivity index (χ0) is 34.3. The van der Waals surface area contributed by atoms with Crippen LogP contribution in [0.5, 0.6) is 11.5 Å². The van der Waals surface area contributed by atoms with Gasteiger partial charge in [0.25, 0.3) is 0 Å². The maximum absolute atomic E-state index is 15.6. The van der Waals surface area contributed by atoms with E-state index in [1.54, 1.807) is 36.3 Å². The molecule has 2 aromatic carbocycles. The number of aryl methyl sites for hydroxylation is 3. The van der Waals surface area contributed by atoms with E-state index in [0.717, 1.165) is 11.1 Å². The zero-order valence-electron chi connectivity index (χ0n) is 27.6. The normalized spacial score (nSPS) is 19.5. The van der Waals surface area contributed by atoms with Gasteiger partial charge in [-0.05, 0) is 61.3 Å². The van der Waals surface area contributed by atoms with Gasteiger partial charge in [-0.25, -0.2) is 22.5 Å². The number of carboxylic acid groups (broad SMARTS) is 1. The molecule has 0 radical (unpaired) electrons. The van der Waals surface area contributed by atoms with Crippen molar-refractivity contribution in [3.63, 3.8) is 0 Å². The molecule has 0 spiro atoms. The Bertz CT molecular complexity index is 2100. The highest BCUT2D eigenvalue weighted by Gasteiger charge is 2.36. The van der Waals surface area contributed by atoms with E-state index in [4.69, 9.17) is 14.8 Å². The quantitative estimate of drug-likeness (QED) is 0.213. The van der Waals surface area contributed by atoms with E-state index in [1.165, 1.54) is 12.3 Å². The highest BCUT2D eigenvalue weighted by molar-refractivity contribution is 7.91. The first-order valence-corrected chi connectivity index (χ1v) is 17.9. The third-order valence-corrected chi connectivity index (χ3v) is 11.4. The van der Waals surface area contributed by atoms with Crippen LogP contribution in [-0.2, 0) is 39.9 Å². The Morgan fingerprint density at radius 1 is 1.12 bits per heavy atom. The number of carbonyl (C=O) groups is 1. The Hall–Kier alpha value is -4.58. The van der Waals surface area contributed by atoms with Gasteiger partial charge in [0.05, 0.1) is 23.1 Å². The Morgan fingerprint density at radius 2 is 1.94 bits per heavy atom. The molecule has 3 aromatic heterocycles. The molecule has 0 fully saturated rings. The van der Waals surface area contributed by atoms with Crippen molar-refractivity contribution in [2.75, 3.05) is 11.5 Å². The van der Waals surface area contributed by atoms with Crippen LogP contribution in [-0.4, -0.2) is 55.7 Å². The SMILES string of the molecule is Cn1nc2nc1-c1cncc(c1)Oc1c(F)cc3[nH]ccc3c1CCS(=O)(=O)CC(C)(C)CCC[C@]2(C)c1cccc(CCC(=O)O)c1. The van der Waals surface area contributed by atoms with Crippen LogP contribution in [0.25, 0.3) is 22.3 Å². The molecular weight excluding hydrogens is 633 g/mol. The number of ether oxygens (including phenoxy) is 1. The maximum atomic E-state index is 15.6. The van der Waals surface area contributed by atoms with Crippen molar-refractivity contribution in [1.82, 2.24) is 24.7 Å². The Balaban J connectivity index is 1.47. The number of aliphatic carboxylic acids is 1. The lowest BCUT2D eigenvalue weighted by atomic mass is 9.75. The Kier molecular flexibility index (Phi) is 8.88. The molecule has 48 heavy (non-hydrogen) atoms. The first kappa shape index (κ1) is 33.3. The number of aromatic amines is 1. The molecule has 2 N–H and O–H groups in total. The fraction of sp³-hybridized carbons (Fsp3) is 0.389. The molecule has 4 bridgehead atoms. The summed E-state index contributed by atoms with van der Waals surface area (Å²) in [4.78, 5) is 23.7. The van der Waals surface area contributed by atoms with Gasteiger partial charge in [0.15, 0.2) is 33.1 Å². The summed E-state index contributed by atoms with van der Waals surface area (Å²) in [5, 5.41) is 14.8. The lowest BCUT2D eigenvalue weighted by Gasteiger charge is -2.30. The van der Waals surface area contributed by atoms with E-state index in [2.05, 4.69) is 16.9 Å². The lowest BCUT2D eigenvalue weighted by molar-refractivity contribution is -0.136. The molecule has 4 heterocycles. The van der Waals surface area contributed by atoms with E-state index in [9.17, 15) is 18.3 Å². The number of aromatic nitrogens is 5. The number of sulfone groups is 1. The molecule has 6 rings (SSSR count). The number of halogens is 1. The van der Waals surface area contributed by atoms with Crippen LogP contribution in [0.15, 0.2) is 61.1 Å². The van der Waals surface area contributed by atoms with E-state index < -0.39 is 32.5 Å². The number of carboxylic acids is 1. The minimum atomic E-state index is -3.55. The van der Waals surface area contributed by atoms with Crippen molar-refractivity contribution < 1.29 is 27.4 Å². The molecule has 1 aliphatic heterocycles. The van der Waals surface area contributed by atoms with Crippen LogP contribution in [0.1, 0.15) is 69.0 Å². The number of benzene rings is 2. The number of nitrogens with zero attached hydrogens (tertiary/aromatic N) is 4. The molecule has 0 saturated carbocycles. The second-order valence-electron chi connectivity index (χ2n) is 13.8. The molecule has 0 aliphatic carbocycles. The van der Waals surface area contributed by atoms with Gasteiger partial charge in [-0.1, -0.05) is 44.5 Å². The summed E-state index contributed by atoms with van der Waals surface area (Å²) in [6.07, 6.45) is 7.25. The summed E-state index contributed by atoms with van der Waals surface area (Å²) >= 11 is 0. The molecule has 0 unspecified atom stereocenters. The summed E-state index contributed by atoms with van der Waals surface area (Å²) in [5.74, 6) is -0.309. The van der Waals surface area contributed by atoms with Gasteiger partial charge in [0.1, 0.15) is 5.75 Å². The van der Waals surface area contributed by atoms with Gasteiger partial charge in [0.2, 0.25) is 0 Å². The van der Waals surface area contributed by atoms with Crippen LogP contribution >= 0.6 is 0 Å². The molecule has 0 amide bonds. The van der Waals surface area contributed by atoms with Crippen LogP contribution in [0.2, 0.25) is 0 Å². The van der Waals surface area contributed by atoms with Crippen molar-refractivity contribution in [2.45, 2.75) is 64.7 Å². The summed E-state index contributed by atoms with van der Waals surface area (Å²) in [6.45, 7) is 6.00. The van der Waals surface area contributed by atoms with Gasteiger partial charge < -0.3 is 14.8 Å². The van der Waals surface area contributed by atoms with Crippen molar-refractivity contribution >= 4 is 26.7 Å². The average molecular weight is 674 g/mol. The number of rotatable bonds is 4. The van der Waals surface area contributed by atoms with E-state index in [-0.39, 0.29) is 35.8 Å². The summed E-state index contributed by atoms with van der Waals surface area (Å²) in [6, 6.07) is 12.7. The summed E-state index contributed by atoms with van der Waals surface area (Å²) in [7, 11) is -1.74. The third-order valence-electron chi connectivity index (χ3n) is 9.31. The fourth-order valence-electron chi connectivity index (χ4n) is 6.79. The van der Waals surface area contributed by atoms with Gasteiger partial charge in [-0.15, -0.1) is 0 Å². The summed E-state index contributed by atoms with van der Waals surface area (Å²) in [5.41, 5.74) is 2.27. The highest BCUT2D eigenvalue weighted by Crippen LogP contribution is 2.40. The molecule has 252 valence electrons. The molecule has 1 atom stereocenters. The fourth-order valence-corrected chi connectivity index (χ4v) is 8.79. The first-order valence-electron chi connectivity index (χ1n) is 16.1. The molecule has 12 heteroatoms. The number of hydrogen-bond donors (Lipinski definition) is 2. The van der Waals surface area contributed by atoms with Crippen molar-refractivity contribution in [3.05, 3.63) is 89.4 Å². The molecule has 0 saturated heterocycles. The minimum absolute atomic E-state index is 0.0185. The Labute approximate surface area is 279 Å². The smallest absolute Gasteiger partial charge is 0.303 e. The van der Waals surface area contributed by atoms with Crippen LogP contribution in [0.4, 0.5) is 4.39 Å². The first-order chi connectivity index (χ1) is 22.7. The molecule has 10 nitrogen and oxygen atoms in total. The minimum Gasteiger partial charge on any atom is -0.481 e. The summed E-state index contributed by atoms with van der Waals surface area (Å²) < 4.78 is 50.7. The van der Waals surface area contributed by atoms with Crippen molar-refractivity contribution in [2.24, 2.45) is 12.5 Å². The number of pyridine rings is 1. The number of hydrogen-bond acceptors (Lipinski definition) is 7. The zero-order valence-corrected chi connectivity index (χ0v) is 28.4. The van der Waals surface area contributed by atoms with Gasteiger partial charge in [-0.2, -0.15) is 5.10 Å². The molecule has 5 aromatic rings. The Morgan fingerprint density at radius 3 is 2.73 bits per heavy atom. The number of fused-ring (bicyclic) bond motifs is 8. The van der Waals surface area contributed by atoms with Crippen molar-refractivity contribution in [3.8, 4) is 22.9 Å². The van der Waals surface area contributed by atoms with Crippen molar-refractivity contribution in [1.29, 1.82) is 0 Å². The number of nitrogens with one attached hydrogen (secondary N) is 1. The molecule has 1 aliphatic rings. The predicted molar refractivity (Wildman–Crippen MR) is 181 cm³/mol. The predicted octanol–water partition coefficient (Wildman–Crippen LogP) is 6.78. The maximum Gasteiger partial charge on any atom is 0.303 e. The van der Waals surface area contributed by atoms with Gasteiger partial charge >= 0.3 is 5.97 Å². The van der Waals surface area contributed by atoms with E-state index in [1.807, 2.05) is 38.1 Å². The second-order valence-corrected chi connectivity index (χ2v) is 16.0.